The second-order valence-electron chi connectivity index (χ2n) is 5.09. The van der Waals surface area contributed by atoms with E-state index in [1.54, 1.807) is 50.2 Å². The van der Waals surface area contributed by atoms with Gasteiger partial charge < -0.3 is 11.1 Å². The molecule has 1 unspecified atom stereocenters. The number of primary amides is 1. The molecular formula is C16H16ClFN2O. The van der Waals surface area contributed by atoms with Crippen LogP contribution in [0.2, 0.25) is 5.02 Å². The van der Waals surface area contributed by atoms with Gasteiger partial charge in [0.2, 0.25) is 5.91 Å². The van der Waals surface area contributed by atoms with Gasteiger partial charge in [0.25, 0.3) is 0 Å². The van der Waals surface area contributed by atoms with Crippen molar-refractivity contribution in [3.05, 3.63) is 64.4 Å². The summed E-state index contributed by atoms with van der Waals surface area (Å²) in [5, 5.41) is 3.63. The van der Waals surface area contributed by atoms with E-state index in [-0.39, 0.29) is 5.82 Å². The summed E-state index contributed by atoms with van der Waals surface area (Å²) in [6.07, 6.45) is 0. The molecule has 0 aromatic heterocycles. The summed E-state index contributed by atoms with van der Waals surface area (Å²) in [5.41, 5.74) is 5.94. The third-order valence-electron chi connectivity index (χ3n) is 3.48. The van der Waals surface area contributed by atoms with Gasteiger partial charge in [-0.15, -0.1) is 0 Å². The summed E-state index contributed by atoms with van der Waals surface area (Å²) in [6, 6.07) is 11.5. The smallest absolute Gasteiger partial charge is 0.247 e. The van der Waals surface area contributed by atoms with Gasteiger partial charge in [0.15, 0.2) is 0 Å². The molecule has 0 radical (unpaired) electrons. The van der Waals surface area contributed by atoms with Crippen LogP contribution >= 0.6 is 11.6 Å². The van der Waals surface area contributed by atoms with Crippen LogP contribution in [0.1, 0.15) is 18.1 Å². The van der Waals surface area contributed by atoms with Crippen LogP contribution in [0.25, 0.3) is 0 Å². The maximum atomic E-state index is 13.8. The average molecular weight is 307 g/mol. The minimum atomic E-state index is -1.22. The molecule has 1 amide bonds. The van der Waals surface area contributed by atoms with Crippen LogP contribution in [-0.2, 0) is 10.3 Å². The summed E-state index contributed by atoms with van der Waals surface area (Å²) in [5.74, 6) is -0.974. The van der Waals surface area contributed by atoms with Crippen LogP contribution in [0, 0.1) is 12.7 Å². The largest absolute Gasteiger partial charge is 0.368 e. The zero-order valence-electron chi connectivity index (χ0n) is 11.8. The number of aryl methyl sites for hydroxylation is 1. The van der Waals surface area contributed by atoms with Crippen LogP contribution in [0.3, 0.4) is 0 Å². The summed E-state index contributed by atoms with van der Waals surface area (Å²) in [4.78, 5) is 11.9. The molecule has 0 fully saturated rings. The molecule has 5 heteroatoms. The van der Waals surface area contributed by atoms with E-state index in [2.05, 4.69) is 5.32 Å². The Hall–Kier alpha value is -2.07. The predicted molar refractivity (Wildman–Crippen MR) is 82.8 cm³/mol. The first-order valence-electron chi connectivity index (χ1n) is 6.43. The van der Waals surface area contributed by atoms with E-state index >= 15 is 0 Å². The van der Waals surface area contributed by atoms with Crippen molar-refractivity contribution in [1.29, 1.82) is 0 Å². The van der Waals surface area contributed by atoms with Gasteiger partial charge >= 0.3 is 0 Å². The topological polar surface area (TPSA) is 55.1 Å². The fourth-order valence-corrected chi connectivity index (χ4v) is 2.13. The molecule has 1 atom stereocenters. The standard InChI is InChI=1S/C16H16ClFN2O/c1-10-3-4-11(9-14(10)18)16(2,15(19)21)20-13-7-5-12(17)6-8-13/h3-9,20H,1-2H3,(H2,19,21). The van der Waals surface area contributed by atoms with Gasteiger partial charge in [0.05, 0.1) is 0 Å². The minimum absolute atomic E-state index is 0.377. The highest BCUT2D eigenvalue weighted by Gasteiger charge is 2.33. The van der Waals surface area contributed by atoms with Gasteiger partial charge in [-0.3, -0.25) is 4.79 Å². The fraction of sp³-hybridized carbons (Fsp3) is 0.188. The molecule has 0 saturated heterocycles. The molecule has 3 N–H and O–H groups in total. The maximum absolute atomic E-state index is 13.8. The lowest BCUT2D eigenvalue weighted by molar-refractivity contribution is -0.122. The zero-order valence-corrected chi connectivity index (χ0v) is 12.5. The molecule has 0 aliphatic carbocycles. The van der Waals surface area contributed by atoms with E-state index in [4.69, 9.17) is 17.3 Å². The van der Waals surface area contributed by atoms with E-state index in [1.807, 2.05) is 0 Å². The predicted octanol–water partition coefficient (Wildman–Crippen LogP) is 3.60. The number of carbonyl (C=O) groups is 1. The van der Waals surface area contributed by atoms with Crippen molar-refractivity contribution in [2.24, 2.45) is 5.73 Å². The van der Waals surface area contributed by atoms with Crippen LogP contribution in [0.5, 0.6) is 0 Å². The fourth-order valence-electron chi connectivity index (χ4n) is 2.00. The van der Waals surface area contributed by atoms with Gasteiger partial charge in [0.1, 0.15) is 11.4 Å². The Bertz CT molecular complexity index is 672. The number of rotatable bonds is 4. The van der Waals surface area contributed by atoms with Gasteiger partial charge in [0, 0.05) is 10.7 Å². The highest BCUT2D eigenvalue weighted by molar-refractivity contribution is 6.30. The number of anilines is 1. The summed E-state index contributed by atoms with van der Waals surface area (Å²) in [6.45, 7) is 3.28. The van der Waals surface area contributed by atoms with Crippen LogP contribution in [0.15, 0.2) is 42.5 Å². The quantitative estimate of drug-likeness (QED) is 0.907. The van der Waals surface area contributed by atoms with E-state index < -0.39 is 11.4 Å². The second kappa shape index (κ2) is 5.74. The Labute approximate surface area is 127 Å². The van der Waals surface area contributed by atoms with Crippen LogP contribution < -0.4 is 11.1 Å². The lowest BCUT2D eigenvalue weighted by Crippen LogP contribution is -2.45. The zero-order chi connectivity index (χ0) is 15.6. The normalized spacial score (nSPS) is 13.5. The molecule has 0 aliphatic rings. The van der Waals surface area contributed by atoms with Crippen molar-refractivity contribution in [2.45, 2.75) is 19.4 Å². The Morgan fingerprint density at radius 3 is 2.38 bits per heavy atom. The Morgan fingerprint density at radius 2 is 1.86 bits per heavy atom. The number of hydrogen-bond acceptors (Lipinski definition) is 2. The second-order valence-corrected chi connectivity index (χ2v) is 5.52. The van der Waals surface area contributed by atoms with E-state index in [9.17, 15) is 9.18 Å². The van der Waals surface area contributed by atoms with E-state index in [1.165, 1.54) is 6.07 Å². The van der Waals surface area contributed by atoms with Crippen molar-refractivity contribution in [3.8, 4) is 0 Å². The maximum Gasteiger partial charge on any atom is 0.247 e. The van der Waals surface area contributed by atoms with Crippen molar-refractivity contribution < 1.29 is 9.18 Å². The van der Waals surface area contributed by atoms with Crippen molar-refractivity contribution in [3.63, 3.8) is 0 Å². The van der Waals surface area contributed by atoms with Gasteiger partial charge in [-0.2, -0.15) is 0 Å². The van der Waals surface area contributed by atoms with Crippen molar-refractivity contribution in [2.75, 3.05) is 5.32 Å². The average Bonchev–Trinajstić information content (AvgIpc) is 2.44. The van der Waals surface area contributed by atoms with Gasteiger partial charge in [-0.1, -0.05) is 23.7 Å². The molecule has 0 aliphatic heterocycles. The van der Waals surface area contributed by atoms with Gasteiger partial charge in [-0.25, -0.2) is 4.39 Å². The molecule has 3 nitrogen and oxygen atoms in total. The number of carbonyl (C=O) groups excluding carboxylic acids is 1. The Morgan fingerprint density at radius 1 is 1.24 bits per heavy atom. The monoisotopic (exact) mass is 306 g/mol. The number of benzene rings is 2. The molecule has 0 spiro atoms. The molecular weight excluding hydrogens is 291 g/mol. The lowest BCUT2D eigenvalue weighted by atomic mass is 9.90. The molecule has 0 bridgehead atoms. The summed E-state index contributed by atoms with van der Waals surface area (Å²) in [7, 11) is 0. The summed E-state index contributed by atoms with van der Waals surface area (Å²) >= 11 is 5.83. The Balaban J connectivity index is 2.42. The number of halogens is 2. The van der Waals surface area contributed by atoms with Gasteiger partial charge in [-0.05, 0) is 55.3 Å². The van der Waals surface area contributed by atoms with Crippen molar-refractivity contribution in [1.82, 2.24) is 0 Å². The molecule has 0 saturated carbocycles. The SMILES string of the molecule is Cc1ccc(C(C)(Nc2ccc(Cl)cc2)C(N)=O)cc1F. The number of amides is 1. The number of nitrogens with two attached hydrogens (primary N) is 1. The third kappa shape index (κ3) is 3.16. The molecule has 2 aromatic carbocycles. The molecule has 0 heterocycles. The van der Waals surface area contributed by atoms with Crippen LogP contribution in [0.4, 0.5) is 10.1 Å². The molecule has 2 rings (SSSR count). The van der Waals surface area contributed by atoms with Crippen LogP contribution in [-0.4, -0.2) is 5.91 Å². The first-order valence-corrected chi connectivity index (χ1v) is 6.81. The minimum Gasteiger partial charge on any atom is -0.368 e. The first kappa shape index (κ1) is 15.3. The van der Waals surface area contributed by atoms with E-state index in [0.717, 1.165) is 0 Å². The van der Waals surface area contributed by atoms with E-state index in [0.29, 0.717) is 21.8 Å². The third-order valence-corrected chi connectivity index (χ3v) is 3.73. The number of nitrogens with one attached hydrogen (secondary N) is 1. The highest BCUT2D eigenvalue weighted by Crippen LogP contribution is 2.28. The van der Waals surface area contributed by atoms with Crippen molar-refractivity contribution >= 4 is 23.2 Å². The molecule has 110 valence electrons. The first-order chi connectivity index (χ1) is 9.83. The highest BCUT2D eigenvalue weighted by atomic mass is 35.5. The summed E-state index contributed by atoms with van der Waals surface area (Å²) < 4.78 is 13.8. The lowest BCUT2D eigenvalue weighted by Gasteiger charge is -2.29. The molecule has 21 heavy (non-hydrogen) atoms. The Kier molecular flexibility index (Phi) is 4.19. The number of hydrogen-bond donors (Lipinski definition) is 2. The molecule has 2 aromatic rings.